The lowest BCUT2D eigenvalue weighted by molar-refractivity contribution is -0.227. The molecule has 3 atom stereocenters. The van der Waals surface area contributed by atoms with Gasteiger partial charge >= 0.3 is 5.97 Å². The number of aliphatic hydroxyl groups excluding tert-OH is 1. The minimum atomic E-state index is -1.41. The van der Waals surface area contributed by atoms with Crippen LogP contribution >= 0.6 is 0 Å². The van der Waals surface area contributed by atoms with Gasteiger partial charge in [-0.2, -0.15) is 0 Å². The van der Waals surface area contributed by atoms with Gasteiger partial charge in [0.15, 0.2) is 0 Å². The number of hydrogen-bond donors (Lipinski definition) is 2. The molecular formula is C12H18O4. The van der Waals surface area contributed by atoms with Gasteiger partial charge in [0.1, 0.15) is 5.60 Å². The van der Waals surface area contributed by atoms with Gasteiger partial charge in [-0.3, -0.25) is 0 Å². The number of aliphatic hydroxyl groups is 2. The van der Waals surface area contributed by atoms with Crippen molar-refractivity contribution in [3.05, 3.63) is 11.6 Å². The normalized spacial score (nSPS) is 41.8. The highest BCUT2D eigenvalue weighted by atomic mass is 16.5. The van der Waals surface area contributed by atoms with Crippen LogP contribution in [0.3, 0.4) is 0 Å². The number of allylic oxidation sites excluding steroid dienone is 1. The van der Waals surface area contributed by atoms with Crippen molar-refractivity contribution < 1.29 is 19.7 Å². The van der Waals surface area contributed by atoms with Crippen molar-refractivity contribution in [1.82, 2.24) is 0 Å². The summed E-state index contributed by atoms with van der Waals surface area (Å²) < 4.78 is 4.91. The molecule has 16 heavy (non-hydrogen) atoms. The predicted octanol–water partition coefficient (Wildman–Crippen LogP) is 0.772. The summed E-state index contributed by atoms with van der Waals surface area (Å²) in [6.45, 7) is 3.91. The van der Waals surface area contributed by atoms with Crippen LogP contribution in [0.15, 0.2) is 11.6 Å². The van der Waals surface area contributed by atoms with E-state index in [1.165, 1.54) is 0 Å². The van der Waals surface area contributed by atoms with Crippen molar-refractivity contribution in [2.45, 2.75) is 44.8 Å². The average molecular weight is 226 g/mol. The number of ether oxygens (including phenoxy) is 1. The van der Waals surface area contributed by atoms with E-state index in [-0.39, 0.29) is 17.6 Å². The Morgan fingerprint density at radius 3 is 2.94 bits per heavy atom. The zero-order valence-electron chi connectivity index (χ0n) is 9.69. The van der Waals surface area contributed by atoms with Crippen LogP contribution in [0.25, 0.3) is 0 Å². The second-order valence-electron chi connectivity index (χ2n) is 4.92. The van der Waals surface area contributed by atoms with Crippen molar-refractivity contribution in [2.24, 2.45) is 5.41 Å². The molecule has 0 aromatic carbocycles. The molecule has 90 valence electrons. The second-order valence-corrected chi connectivity index (χ2v) is 4.92. The molecule has 0 bridgehead atoms. The first-order valence-corrected chi connectivity index (χ1v) is 5.74. The minimum Gasteiger partial charge on any atom is -0.463 e. The molecule has 0 saturated heterocycles. The van der Waals surface area contributed by atoms with E-state index in [1.807, 2.05) is 6.92 Å². The number of carbonyl (C=O) groups excluding carboxylic acids is 1. The Morgan fingerprint density at radius 2 is 2.38 bits per heavy atom. The lowest BCUT2D eigenvalue weighted by atomic mass is 9.49. The monoisotopic (exact) mass is 226 g/mol. The maximum absolute atomic E-state index is 11.7. The third kappa shape index (κ3) is 1.26. The number of esters is 1. The third-order valence-corrected chi connectivity index (χ3v) is 4.00. The van der Waals surface area contributed by atoms with Crippen LogP contribution in [0.2, 0.25) is 0 Å². The maximum Gasteiger partial charge on any atom is 0.336 e. The van der Waals surface area contributed by atoms with Crippen LogP contribution in [0.4, 0.5) is 0 Å². The fourth-order valence-corrected chi connectivity index (χ4v) is 2.94. The lowest BCUT2D eigenvalue weighted by Gasteiger charge is -2.60. The van der Waals surface area contributed by atoms with Crippen LogP contribution in [0, 0.1) is 5.41 Å². The number of hydrogen-bond acceptors (Lipinski definition) is 4. The van der Waals surface area contributed by atoms with Gasteiger partial charge in [0.2, 0.25) is 0 Å². The summed E-state index contributed by atoms with van der Waals surface area (Å²) in [4.78, 5) is 11.7. The fourth-order valence-electron chi connectivity index (χ4n) is 2.94. The highest BCUT2D eigenvalue weighted by molar-refractivity contribution is 5.92. The largest absolute Gasteiger partial charge is 0.463 e. The first-order valence-electron chi connectivity index (χ1n) is 5.74. The smallest absolute Gasteiger partial charge is 0.336 e. The molecule has 4 heteroatoms. The molecule has 0 amide bonds. The van der Waals surface area contributed by atoms with Gasteiger partial charge < -0.3 is 14.9 Å². The van der Waals surface area contributed by atoms with E-state index in [9.17, 15) is 15.0 Å². The maximum atomic E-state index is 11.7. The Morgan fingerprint density at radius 1 is 1.69 bits per heavy atom. The van der Waals surface area contributed by atoms with E-state index in [2.05, 4.69) is 0 Å². The zero-order chi connectivity index (χ0) is 12.0. The first-order chi connectivity index (χ1) is 7.45. The Hall–Kier alpha value is -0.870. The van der Waals surface area contributed by atoms with Crippen molar-refractivity contribution in [1.29, 1.82) is 0 Å². The first kappa shape index (κ1) is 11.6. The van der Waals surface area contributed by atoms with Crippen molar-refractivity contribution in [2.75, 3.05) is 6.61 Å². The summed E-state index contributed by atoms with van der Waals surface area (Å²) in [6.07, 6.45) is 2.93. The summed E-state index contributed by atoms with van der Waals surface area (Å²) in [6, 6.07) is 0. The van der Waals surface area contributed by atoms with Crippen LogP contribution in [0.1, 0.15) is 33.1 Å². The van der Waals surface area contributed by atoms with Gasteiger partial charge in [-0.05, 0) is 26.2 Å². The fraction of sp³-hybridized carbons (Fsp3) is 0.750. The molecule has 2 aliphatic rings. The molecule has 0 aromatic rings. The Kier molecular flexibility index (Phi) is 2.59. The van der Waals surface area contributed by atoms with Crippen molar-refractivity contribution in [3.8, 4) is 0 Å². The van der Waals surface area contributed by atoms with Crippen molar-refractivity contribution in [3.63, 3.8) is 0 Å². The molecular weight excluding hydrogens is 208 g/mol. The van der Waals surface area contributed by atoms with Crippen molar-refractivity contribution >= 4 is 5.97 Å². The van der Waals surface area contributed by atoms with Crippen LogP contribution in [-0.4, -0.2) is 34.5 Å². The molecule has 0 radical (unpaired) electrons. The predicted molar refractivity (Wildman–Crippen MR) is 57.6 cm³/mol. The summed E-state index contributed by atoms with van der Waals surface area (Å²) in [5, 5.41) is 20.3. The van der Waals surface area contributed by atoms with Gasteiger partial charge in [-0.25, -0.2) is 4.79 Å². The molecule has 0 aromatic heterocycles. The van der Waals surface area contributed by atoms with Crippen LogP contribution < -0.4 is 0 Å². The van der Waals surface area contributed by atoms with E-state index in [4.69, 9.17) is 4.74 Å². The molecule has 0 unspecified atom stereocenters. The van der Waals surface area contributed by atoms with E-state index >= 15 is 0 Å². The SMILES string of the molecule is CCOC(=O)C1=CCC[C@@]2(C)C[C@H](O)[C@@]12O. The topological polar surface area (TPSA) is 66.8 Å². The summed E-state index contributed by atoms with van der Waals surface area (Å²) in [5.74, 6) is -0.505. The average Bonchev–Trinajstić information content (AvgIpc) is 2.22. The molecule has 2 N–H and O–H groups in total. The number of rotatable bonds is 2. The minimum absolute atomic E-state index is 0.238. The number of fused-ring (bicyclic) bond motifs is 1. The number of carbonyl (C=O) groups is 1. The molecule has 1 saturated carbocycles. The highest BCUT2D eigenvalue weighted by Crippen LogP contribution is 2.58. The molecule has 1 fully saturated rings. The van der Waals surface area contributed by atoms with E-state index < -0.39 is 17.7 Å². The second kappa shape index (κ2) is 3.57. The van der Waals surface area contributed by atoms with Gasteiger partial charge in [-0.15, -0.1) is 0 Å². The standard InChI is InChI=1S/C12H18O4/c1-3-16-10(14)8-5-4-6-11(2)7-9(13)12(8,11)15/h5,9,13,15H,3-4,6-7H2,1-2H3/t9-,11-,12-/m0/s1. The molecule has 4 nitrogen and oxygen atoms in total. The van der Waals surface area contributed by atoms with Gasteiger partial charge in [-0.1, -0.05) is 13.0 Å². The molecule has 0 spiro atoms. The molecule has 2 aliphatic carbocycles. The molecule has 2 rings (SSSR count). The van der Waals surface area contributed by atoms with E-state index in [0.29, 0.717) is 6.42 Å². The molecule has 0 aliphatic heterocycles. The molecule has 0 heterocycles. The Bertz CT molecular complexity index is 349. The van der Waals surface area contributed by atoms with E-state index in [1.54, 1.807) is 13.0 Å². The van der Waals surface area contributed by atoms with Gasteiger partial charge in [0.25, 0.3) is 0 Å². The van der Waals surface area contributed by atoms with Gasteiger partial charge in [0.05, 0.1) is 18.3 Å². The quantitative estimate of drug-likeness (QED) is 0.683. The Labute approximate surface area is 94.9 Å². The van der Waals surface area contributed by atoms with Crippen LogP contribution in [0.5, 0.6) is 0 Å². The summed E-state index contributed by atoms with van der Waals surface area (Å²) in [7, 11) is 0. The Balaban J connectivity index is 2.31. The van der Waals surface area contributed by atoms with Gasteiger partial charge in [0, 0.05) is 5.41 Å². The van der Waals surface area contributed by atoms with E-state index in [0.717, 1.165) is 12.8 Å². The summed E-state index contributed by atoms with van der Waals surface area (Å²) in [5.41, 5.74) is -1.55. The zero-order valence-corrected chi connectivity index (χ0v) is 9.69. The lowest BCUT2D eigenvalue weighted by Crippen LogP contribution is -2.69. The van der Waals surface area contributed by atoms with Crippen LogP contribution in [-0.2, 0) is 9.53 Å². The third-order valence-electron chi connectivity index (χ3n) is 4.00. The summed E-state index contributed by atoms with van der Waals surface area (Å²) >= 11 is 0. The highest BCUT2D eigenvalue weighted by Gasteiger charge is 2.66.